The Morgan fingerprint density at radius 2 is 2.00 bits per heavy atom. The Hall–Kier alpha value is -2.29. The summed E-state index contributed by atoms with van der Waals surface area (Å²) in [6.45, 7) is 5.54. The first kappa shape index (κ1) is 20.0. The number of hydrogen-bond acceptors (Lipinski definition) is 5. The molecule has 2 aromatic rings. The molecule has 1 aromatic heterocycles. The van der Waals surface area contributed by atoms with Crippen LogP contribution < -0.4 is 5.32 Å². The third-order valence-corrected chi connectivity index (χ3v) is 7.50. The van der Waals surface area contributed by atoms with E-state index in [1.165, 1.54) is 10.5 Å². The molecule has 2 fully saturated rings. The summed E-state index contributed by atoms with van der Waals surface area (Å²) in [4.78, 5) is 16.6. The van der Waals surface area contributed by atoms with Crippen molar-refractivity contribution in [3.05, 3.63) is 59.4 Å². The van der Waals surface area contributed by atoms with Crippen LogP contribution in [0.3, 0.4) is 0 Å². The number of nitrogens with one attached hydrogen (secondary N) is 1. The van der Waals surface area contributed by atoms with Crippen molar-refractivity contribution in [3.8, 4) is 0 Å². The molecule has 0 radical (unpaired) electrons. The Morgan fingerprint density at radius 1 is 1.24 bits per heavy atom. The van der Waals surface area contributed by atoms with E-state index in [1.807, 2.05) is 19.9 Å². The van der Waals surface area contributed by atoms with Crippen molar-refractivity contribution in [2.45, 2.75) is 24.8 Å². The molecule has 7 nitrogen and oxygen atoms in total. The fourth-order valence-corrected chi connectivity index (χ4v) is 5.90. The molecule has 2 saturated heterocycles. The number of hydrogen-bond donors (Lipinski definition) is 1. The minimum atomic E-state index is -3.57. The number of amides is 1. The molecule has 3 heterocycles. The van der Waals surface area contributed by atoms with E-state index in [0.29, 0.717) is 36.7 Å². The number of rotatable bonds is 5. The third kappa shape index (κ3) is 4.05. The van der Waals surface area contributed by atoms with Crippen molar-refractivity contribution in [2.24, 2.45) is 11.8 Å². The lowest BCUT2D eigenvalue weighted by atomic mass is 9.93. The van der Waals surface area contributed by atoms with Gasteiger partial charge in [0.25, 0.3) is 5.91 Å². The molecule has 29 heavy (non-hydrogen) atoms. The zero-order valence-electron chi connectivity index (χ0n) is 16.5. The number of aryl methyl sites for hydroxylation is 2. The summed E-state index contributed by atoms with van der Waals surface area (Å²) < 4.78 is 33.6. The van der Waals surface area contributed by atoms with Gasteiger partial charge in [0.15, 0.2) is 0 Å². The lowest BCUT2D eigenvalue weighted by Crippen LogP contribution is -2.35. The SMILES string of the molecule is Cc1cc(C)cc(S(=O)(=O)N2C[C@@H]3[C@@H](CNC(=O)c4cccnc4)CO[C@@H]3C2)c1. The number of carbonyl (C=O) groups is 1. The van der Waals surface area contributed by atoms with E-state index in [4.69, 9.17) is 4.74 Å². The van der Waals surface area contributed by atoms with Crippen LogP contribution in [0.15, 0.2) is 47.6 Å². The topological polar surface area (TPSA) is 88.6 Å². The summed E-state index contributed by atoms with van der Waals surface area (Å²) in [5.74, 6) is -0.0239. The first-order valence-electron chi connectivity index (χ1n) is 9.73. The van der Waals surface area contributed by atoms with Gasteiger partial charge in [-0.25, -0.2) is 8.42 Å². The van der Waals surface area contributed by atoms with Crippen LogP contribution in [0.4, 0.5) is 0 Å². The average Bonchev–Trinajstić information content (AvgIpc) is 3.27. The van der Waals surface area contributed by atoms with Crippen LogP contribution in [-0.2, 0) is 14.8 Å². The van der Waals surface area contributed by atoms with E-state index < -0.39 is 10.0 Å². The maximum absolute atomic E-state index is 13.1. The van der Waals surface area contributed by atoms with Crippen LogP contribution in [0.5, 0.6) is 0 Å². The van der Waals surface area contributed by atoms with Gasteiger partial charge in [0.1, 0.15) is 0 Å². The van der Waals surface area contributed by atoms with E-state index in [0.717, 1.165) is 11.1 Å². The van der Waals surface area contributed by atoms with Crippen molar-refractivity contribution >= 4 is 15.9 Å². The number of aromatic nitrogens is 1. The van der Waals surface area contributed by atoms with Crippen LogP contribution in [0.25, 0.3) is 0 Å². The van der Waals surface area contributed by atoms with Crippen molar-refractivity contribution in [1.82, 2.24) is 14.6 Å². The summed E-state index contributed by atoms with van der Waals surface area (Å²) in [6.07, 6.45) is 3.02. The largest absolute Gasteiger partial charge is 0.376 e. The highest BCUT2D eigenvalue weighted by atomic mass is 32.2. The van der Waals surface area contributed by atoms with Gasteiger partial charge in [0.2, 0.25) is 10.0 Å². The summed E-state index contributed by atoms with van der Waals surface area (Å²) in [7, 11) is -3.57. The fraction of sp³-hybridized carbons (Fsp3) is 0.429. The smallest absolute Gasteiger partial charge is 0.252 e. The van der Waals surface area contributed by atoms with E-state index in [-0.39, 0.29) is 23.8 Å². The highest BCUT2D eigenvalue weighted by Crippen LogP contribution is 2.36. The molecule has 3 atom stereocenters. The van der Waals surface area contributed by atoms with Crippen molar-refractivity contribution in [2.75, 3.05) is 26.2 Å². The fourth-order valence-electron chi connectivity index (χ4n) is 4.22. The van der Waals surface area contributed by atoms with Crippen LogP contribution >= 0.6 is 0 Å². The van der Waals surface area contributed by atoms with Crippen molar-refractivity contribution < 1.29 is 17.9 Å². The molecule has 4 rings (SSSR count). The van der Waals surface area contributed by atoms with Crippen LogP contribution in [0.1, 0.15) is 21.5 Å². The number of sulfonamides is 1. The van der Waals surface area contributed by atoms with Gasteiger partial charge in [-0.15, -0.1) is 0 Å². The lowest BCUT2D eigenvalue weighted by molar-refractivity contribution is 0.0932. The number of benzene rings is 1. The zero-order chi connectivity index (χ0) is 20.6. The maximum atomic E-state index is 13.1. The van der Waals surface area contributed by atoms with Crippen LogP contribution in [0, 0.1) is 25.7 Å². The molecular weight excluding hydrogens is 390 g/mol. The minimum Gasteiger partial charge on any atom is -0.376 e. The number of fused-ring (bicyclic) bond motifs is 1. The second-order valence-electron chi connectivity index (χ2n) is 7.89. The Morgan fingerprint density at radius 3 is 2.69 bits per heavy atom. The molecule has 1 amide bonds. The van der Waals surface area contributed by atoms with Crippen LogP contribution in [0.2, 0.25) is 0 Å². The van der Waals surface area contributed by atoms with Gasteiger partial charge in [0, 0.05) is 43.9 Å². The average molecular weight is 416 g/mol. The summed E-state index contributed by atoms with van der Waals surface area (Å²) in [5, 5.41) is 2.93. The predicted octanol–water partition coefficient (Wildman–Crippen LogP) is 1.76. The Labute approximate surface area is 171 Å². The van der Waals surface area contributed by atoms with E-state index in [9.17, 15) is 13.2 Å². The second kappa shape index (κ2) is 7.85. The van der Waals surface area contributed by atoms with Gasteiger partial charge in [-0.2, -0.15) is 4.31 Å². The van der Waals surface area contributed by atoms with Gasteiger partial charge >= 0.3 is 0 Å². The molecule has 2 aliphatic heterocycles. The molecule has 154 valence electrons. The molecule has 2 aliphatic rings. The molecule has 0 aliphatic carbocycles. The Bertz CT molecular complexity index is 990. The first-order chi connectivity index (χ1) is 13.8. The molecular formula is C21H25N3O4S. The standard InChI is InChI=1S/C21H25N3O4S/c1-14-6-15(2)8-18(7-14)29(26,27)24-11-19-17(13-28-20(19)12-24)10-23-21(25)16-4-3-5-22-9-16/h3-9,17,19-20H,10-13H2,1-2H3,(H,23,25)/t17-,19+,20+/m0/s1. The number of carbonyl (C=O) groups excluding carboxylic acids is 1. The summed E-state index contributed by atoms with van der Waals surface area (Å²) in [6, 6.07) is 8.81. The maximum Gasteiger partial charge on any atom is 0.252 e. The molecule has 0 saturated carbocycles. The summed E-state index contributed by atoms with van der Waals surface area (Å²) in [5.41, 5.74) is 2.36. The van der Waals surface area contributed by atoms with Crippen molar-refractivity contribution in [1.29, 1.82) is 0 Å². The Balaban J connectivity index is 1.42. The highest BCUT2D eigenvalue weighted by Gasteiger charge is 2.47. The molecule has 0 unspecified atom stereocenters. The number of nitrogens with zero attached hydrogens (tertiary/aromatic N) is 2. The van der Waals surface area contributed by atoms with Crippen molar-refractivity contribution in [3.63, 3.8) is 0 Å². The van der Waals surface area contributed by atoms with E-state index >= 15 is 0 Å². The number of pyridine rings is 1. The summed E-state index contributed by atoms with van der Waals surface area (Å²) >= 11 is 0. The van der Waals surface area contributed by atoms with E-state index in [1.54, 1.807) is 30.5 Å². The predicted molar refractivity (Wildman–Crippen MR) is 108 cm³/mol. The second-order valence-corrected chi connectivity index (χ2v) is 9.83. The first-order valence-corrected chi connectivity index (χ1v) is 11.2. The molecule has 1 aromatic carbocycles. The molecule has 1 N–H and O–H groups in total. The quantitative estimate of drug-likeness (QED) is 0.804. The van der Waals surface area contributed by atoms with Gasteiger partial charge in [-0.05, 0) is 49.2 Å². The molecule has 0 spiro atoms. The minimum absolute atomic E-state index is 0.0740. The van der Waals surface area contributed by atoms with E-state index in [2.05, 4.69) is 10.3 Å². The van der Waals surface area contributed by atoms with Gasteiger partial charge in [-0.3, -0.25) is 9.78 Å². The van der Waals surface area contributed by atoms with Gasteiger partial charge in [0.05, 0.1) is 23.2 Å². The normalized spacial score (nSPS) is 24.4. The third-order valence-electron chi connectivity index (χ3n) is 5.69. The highest BCUT2D eigenvalue weighted by molar-refractivity contribution is 7.89. The monoisotopic (exact) mass is 415 g/mol. The molecule has 0 bridgehead atoms. The Kier molecular flexibility index (Phi) is 5.42. The lowest BCUT2D eigenvalue weighted by Gasteiger charge is -2.20. The zero-order valence-corrected chi connectivity index (χ0v) is 17.4. The molecule has 8 heteroatoms. The van der Waals surface area contributed by atoms with Crippen LogP contribution in [-0.4, -0.2) is 56.0 Å². The number of ether oxygens (including phenoxy) is 1. The van der Waals surface area contributed by atoms with Gasteiger partial charge < -0.3 is 10.1 Å². The van der Waals surface area contributed by atoms with Gasteiger partial charge in [-0.1, -0.05) is 6.07 Å².